The van der Waals surface area contributed by atoms with Crippen LogP contribution in [0.4, 0.5) is 5.69 Å². The van der Waals surface area contributed by atoms with E-state index in [4.69, 9.17) is 0 Å². The van der Waals surface area contributed by atoms with Gasteiger partial charge in [-0.2, -0.15) is 0 Å². The van der Waals surface area contributed by atoms with Crippen molar-refractivity contribution >= 4 is 21.6 Å². The molecular weight excluding hydrogens is 326 g/mol. The van der Waals surface area contributed by atoms with Crippen LogP contribution in [0.15, 0.2) is 22.7 Å². The number of anilines is 1. The molecule has 2 fully saturated rings. The monoisotopic (exact) mass is 351 g/mol. The first-order chi connectivity index (χ1) is 10.2. The van der Waals surface area contributed by atoms with Crippen molar-refractivity contribution in [3.05, 3.63) is 28.2 Å². The van der Waals surface area contributed by atoms with Crippen LogP contribution < -0.4 is 10.2 Å². The van der Waals surface area contributed by atoms with Gasteiger partial charge in [0.25, 0.3) is 0 Å². The first kappa shape index (κ1) is 15.3. The smallest absolute Gasteiger partial charge is 0.0426 e. The Morgan fingerprint density at radius 2 is 2.19 bits per heavy atom. The second-order valence-corrected chi connectivity index (χ2v) is 7.18. The molecule has 0 spiro atoms. The van der Waals surface area contributed by atoms with E-state index in [0.717, 1.165) is 19.1 Å². The van der Waals surface area contributed by atoms with Crippen LogP contribution in [0.25, 0.3) is 0 Å². The molecule has 1 N–H and O–H groups in total. The van der Waals surface area contributed by atoms with Crippen LogP contribution in [0, 0.1) is 0 Å². The van der Waals surface area contributed by atoms with Crippen molar-refractivity contribution in [3.63, 3.8) is 0 Å². The molecule has 1 aromatic rings. The van der Waals surface area contributed by atoms with Gasteiger partial charge in [-0.3, -0.25) is 4.90 Å². The maximum Gasteiger partial charge on any atom is 0.0426 e. The Balaban J connectivity index is 1.84. The third-order valence-electron chi connectivity index (χ3n) is 4.90. The Morgan fingerprint density at radius 3 is 3.00 bits per heavy atom. The van der Waals surface area contributed by atoms with E-state index in [-0.39, 0.29) is 0 Å². The van der Waals surface area contributed by atoms with E-state index in [0.29, 0.717) is 6.04 Å². The number of rotatable bonds is 4. The Bertz CT molecular complexity index is 491. The van der Waals surface area contributed by atoms with Crippen LogP contribution in [-0.4, -0.2) is 43.7 Å². The first-order valence-corrected chi connectivity index (χ1v) is 9.00. The summed E-state index contributed by atoms with van der Waals surface area (Å²) >= 11 is 3.65. The SMILES string of the molecule is CCNC(C)c1ccc(Br)cc1N1CCN2CCCC2C1. The highest BCUT2D eigenvalue weighted by Gasteiger charge is 2.31. The van der Waals surface area contributed by atoms with Crippen molar-refractivity contribution < 1.29 is 0 Å². The Hall–Kier alpha value is -0.580. The number of benzene rings is 1. The average Bonchev–Trinajstić information content (AvgIpc) is 2.94. The second-order valence-electron chi connectivity index (χ2n) is 6.26. The number of nitrogens with one attached hydrogen (secondary N) is 1. The van der Waals surface area contributed by atoms with E-state index < -0.39 is 0 Å². The van der Waals surface area contributed by atoms with Crippen molar-refractivity contribution in [2.24, 2.45) is 0 Å². The van der Waals surface area contributed by atoms with Gasteiger partial charge in [0.1, 0.15) is 0 Å². The Kier molecular flexibility index (Phi) is 4.87. The topological polar surface area (TPSA) is 18.5 Å². The minimum Gasteiger partial charge on any atom is -0.368 e. The van der Waals surface area contributed by atoms with Crippen molar-refractivity contribution in [1.29, 1.82) is 0 Å². The van der Waals surface area contributed by atoms with Gasteiger partial charge in [0.2, 0.25) is 0 Å². The third kappa shape index (κ3) is 3.27. The molecule has 3 rings (SSSR count). The molecule has 1 aromatic carbocycles. The molecule has 4 heteroatoms. The molecule has 2 heterocycles. The fourth-order valence-corrected chi connectivity index (χ4v) is 4.13. The molecule has 0 aromatic heterocycles. The van der Waals surface area contributed by atoms with Gasteiger partial charge in [0, 0.05) is 41.9 Å². The molecule has 0 bridgehead atoms. The molecule has 2 aliphatic rings. The summed E-state index contributed by atoms with van der Waals surface area (Å²) in [7, 11) is 0. The number of hydrogen-bond acceptors (Lipinski definition) is 3. The molecule has 0 aliphatic carbocycles. The standard InChI is InChI=1S/C17H26BrN3/c1-3-19-13(2)16-7-6-14(18)11-17(16)21-10-9-20-8-4-5-15(20)12-21/h6-7,11,13,15,19H,3-5,8-10,12H2,1-2H3. The fraction of sp³-hybridized carbons (Fsp3) is 0.647. The summed E-state index contributed by atoms with van der Waals surface area (Å²) < 4.78 is 1.18. The molecule has 2 atom stereocenters. The van der Waals surface area contributed by atoms with Crippen LogP contribution in [0.2, 0.25) is 0 Å². The van der Waals surface area contributed by atoms with Crippen LogP contribution in [0.1, 0.15) is 38.3 Å². The van der Waals surface area contributed by atoms with E-state index in [2.05, 4.69) is 63.1 Å². The lowest BCUT2D eigenvalue weighted by atomic mass is 10.0. The summed E-state index contributed by atoms with van der Waals surface area (Å²) in [5.74, 6) is 0. The second kappa shape index (κ2) is 6.67. The predicted molar refractivity (Wildman–Crippen MR) is 93.0 cm³/mol. The van der Waals surface area contributed by atoms with Gasteiger partial charge < -0.3 is 10.2 Å². The van der Waals surface area contributed by atoms with Crippen molar-refractivity contribution in [3.8, 4) is 0 Å². The highest BCUT2D eigenvalue weighted by Crippen LogP contribution is 2.32. The van der Waals surface area contributed by atoms with Gasteiger partial charge in [-0.05, 0) is 50.6 Å². The fourth-order valence-electron chi connectivity index (χ4n) is 3.78. The molecule has 21 heavy (non-hydrogen) atoms. The van der Waals surface area contributed by atoms with Crippen LogP contribution in [-0.2, 0) is 0 Å². The zero-order valence-electron chi connectivity index (χ0n) is 13.1. The van der Waals surface area contributed by atoms with Gasteiger partial charge in [0.05, 0.1) is 0 Å². The number of hydrogen-bond donors (Lipinski definition) is 1. The molecule has 3 nitrogen and oxygen atoms in total. The van der Waals surface area contributed by atoms with Gasteiger partial charge in [-0.15, -0.1) is 0 Å². The number of halogens is 1. The average molecular weight is 352 g/mol. The lowest BCUT2D eigenvalue weighted by molar-refractivity contribution is 0.230. The van der Waals surface area contributed by atoms with Crippen molar-refractivity contribution in [2.75, 3.05) is 37.6 Å². The summed E-state index contributed by atoms with van der Waals surface area (Å²) in [6, 6.07) is 7.90. The van der Waals surface area contributed by atoms with Crippen molar-refractivity contribution in [2.45, 2.75) is 38.8 Å². The van der Waals surface area contributed by atoms with E-state index >= 15 is 0 Å². The Labute approximate surface area is 136 Å². The quantitative estimate of drug-likeness (QED) is 0.896. The van der Waals surface area contributed by atoms with E-state index in [1.807, 2.05) is 0 Å². The van der Waals surface area contributed by atoms with E-state index in [1.54, 1.807) is 0 Å². The minimum absolute atomic E-state index is 0.403. The largest absolute Gasteiger partial charge is 0.368 e. The first-order valence-electron chi connectivity index (χ1n) is 8.21. The summed E-state index contributed by atoms with van der Waals surface area (Å²) in [5, 5.41) is 3.55. The van der Waals surface area contributed by atoms with Crippen molar-refractivity contribution in [1.82, 2.24) is 10.2 Å². The third-order valence-corrected chi connectivity index (χ3v) is 5.39. The number of nitrogens with zero attached hydrogens (tertiary/aromatic N) is 2. The maximum atomic E-state index is 3.65. The normalized spacial score (nSPS) is 24.1. The summed E-state index contributed by atoms with van der Waals surface area (Å²) in [4.78, 5) is 5.27. The minimum atomic E-state index is 0.403. The predicted octanol–water partition coefficient (Wildman–Crippen LogP) is 3.40. The summed E-state index contributed by atoms with van der Waals surface area (Å²) in [5.41, 5.74) is 2.83. The Morgan fingerprint density at radius 1 is 1.33 bits per heavy atom. The van der Waals surface area contributed by atoms with Gasteiger partial charge >= 0.3 is 0 Å². The zero-order chi connectivity index (χ0) is 14.8. The van der Waals surface area contributed by atoms with E-state index in [1.165, 1.54) is 48.2 Å². The van der Waals surface area contributed by atoms with E-state index in [9.17, 15) is 0 Å². The highest BCUT2D eigenvalue weighted by molar-refractivity contribution is 9.10. The molecule has 0 saturated carbocycles. The van der Waals surface area contributed by atoms with Crippen LogP contribution >= 0.6 is 15.9 Å². The summed E-state index contributed by atoms with van der Waals surface area (Å²) in [6.45, 7) is 10.3. The molecule has 116 valence electrons. The molecule has 2 aliphatic heterocycles. The van der Waals surface area contributed by atoms with Gasteiger partial charge in [-0.1, -0.05) is 28.9 Å². The highest BCUT2D eigenvalue weighted by atomic mass is 79.9. The van der Waals surface area contributed by atoms with Crippen LogP contribution in [0.3, 0.4) is 0 Å². The molecule has 2 unspecified atom stereocenters. The maximum absolute atomic E-state index is 3.65. The zero-order valence-corrected chi connectivity index (χ0v) is 14.7. The number of piperazine rings is 1. The molecular formula is C17H26BrN3. The summed E-state index contributed by atoms with van der Waals surface area (Å²) in [6.07, 6.45) is 2.74. The molecule has 0 radical (unpaired) electrons. The lowest BCUT2D eigenvalue weighted by Crippen LogP contribution is -2.50. The van der Waals surface area contributed by atoms with Gasteiger partial charge in [-0.25, -0.2) is 0 Å². The number of fused-ring (bicyclic) bond motifs is 1. The van der Waals surface area contributed by atoms with Crippen LogP contribution in [0.5, 0.6) is 0 Å². The lowest BCUT2D eigenvalue weighted by Gasteiger charge is -2.40. The molecule has 0 amide bonds. The van der Waals surface area contributed by atoms with Gasteiger partial charge in [0.15, 0.2) is 0 Å². The molecule has 2 saturated heterocycles.